The molecule has 0 heterocycles. The SMILES string of the molecule is Cc1ccc(C2(N)CC(O)C2)c(F)c1. The van der Waals surface area contributed by atoms with E-state index in [1.807, 2.05) is 13.0 Å². The second kappa shape index (κ2) is 3.04. The van der Waals surface area contributed by atoms with E-state index >= 15 is 0 Å². The number of halogens is 1. The number of nitrogens with two attached hydrogens (primary N) is 1. The van der Waals surface area contributed by atoms with Crippen LogP contribution < -0.4 is 5.73 Å². The second-order valence-corrected chi connectivity index (χ2v) is 4.20. The standard InChI is InChI=1S/C11H14FNO/c1-7-2-3-9(10(12)4-7)11(13)5-8(14)6-11/h2-4,8,14H,5-6,13H2,1H3. The molecule has 0 aromatic heterocycles. The number of hydrogen-bond acceptors (Lipinski definition) is 2. The van der Waals surface area contributed by atoms with Gasteiger partial charge in [-0.2, -0.15) is 0 Å². The first kappa shape index (κ1) is 9.62. The molecule has 76 valence electrons. The number of aliphatic hydroxyl groups is 1. The van der Waals surface area contributed by atoms with Crippen LogP contribution in [-0.4, -0.2) is 11.2 Å². The lowest BCUT2D eigenvalue weighted by Gasteiger charge is -2.42. The molecule has 1 saturated carbocycles. The molecule has 1 fully saturated rings. The lowest BCUT2D eigenvalue weighted by molar-refractivity contribution is 0.0193. The molecule has 1 aliphatic carbocycles. The Labute approximate surface area is 82.5 Å². The van der Waals surface area contributed by atoms with Gasteiger partial charge >= 0.3 is 0 Å². The summed E-state index contributed by atoms with van der Waals surface area (Å²) in [5.41, 5.74) is 6.72. The maximum absolute atomic E-state index is 13.5. The molecule has 2 nitrogen and oxygen atoms in total. The van der Waals surface area contributed by atoms with Crippen molar-refractivity contribution in [3.63, 3.8) is 0 Å². The smallest absolute Gasteiger partial charge is 0.128 e. The van der Waals surface area contributed by atoms with E-state index in [1.54, 1.807) is 6.07 Å². The molecule has 1 aromatic rings. The first-order valence-electron chi connectivity index (χ1n) is 4.75. The minimum Gasteiger partial charge on any atom is -0.393 e. The monoisotopic (exact) mass is 195 g/mol. The van der Waals surface area contributed by atoms with Crippen molar-refractivity contribution >= 4 is 0 Å². The molecule has 2 rings (SSSR count). The molecule has 0 bridgehead atoms. The third-order valence-corrected chi connectivity index (χ3v) is 2.86. The molecule has 14 heavy (non-hydrogen) atoms. The van der Waals surface area contributed by atoms with Crippen LogP contribution in [-0.2, 0) is 5.54 Å². The Kier molecular flexibility index (Phi) is 2.09. The molecule has 0 unspecified atom stereocenters. The van der Waals surface area contributed by atoms with Gasteiger partial charge in [0, 0.05) is 11.1 Å². The molecular weight excluding hydrogens is 181 g/mol. The predicted molar refractivity (Wildman–Crippen MR) is 52.2 cm³/mol. The van der Waals surface area contributed by atoms with E-state index < -0.39 is 5.54 Å². The van der Waals surface area contributed by atoms with Crippen LogP contribution in [0.4, 0.5) is 4.39 Å². The molecular formula is C11H14FNO. The van der Waals surface area contributed by atoms with Gasteiger partial charge in [0.15, 0.2) is 0 Å². The number of benzene rings is 1. The van der Waals surface area contributed by atoms with E-state index in [1.165, 1.54) is 6.07 Å². The van der Waals surface area contributed by atoms with E-state index in [0.717, 1.165) is 5.56 Å². The van der Waals surface area contributed by atoms with Gasteiger partial charge in [0.25, 0.3) is 0 Å². The Morgan fingerprint density at radius 1 is 1.50 bits per heavy atom. The van der Waals surface area contributed by atoms with Crippen molar-refractivity contribution in [3.05, 3.63) is 35.1 Å². The van der Waals surface area contributed by atoms with Gasteiger partial charge in [0.2, 0.25) is 0 Å². The van der Waals surface area contributed by atoms with Crippen LogP contribution in [0.5, 0.6) is 0 Å². The maximum Gasteiger partial charge on any atom is 0.128 e. The molecule has 0 saturated heterocycles. The van der Waals surface area contributed by atoms with Crippen LogP contribution in [0.15, 0.2) is 18.2 Å². The Bertz CT molecular complexity index is 358. The van der Waals surface area contributed by atoms with Crippen LogP contribution in [0, 0.1) is 12.7 Å². The molecule has 0 spiro atoms. The largest absolute Gasteiger partial charge is 0.393 e. The van der Waals surface area contributed by atoms with Crippen LogP contribution in [0.2, 0.25) is 0 Å². The second-order valence-electron chi connectivity index (χ2n) is 4.20. The van der Waals surface area contributed by atoms with Gasteiger partial charge in [-0.25, -0.2) is 4.39 Å². The van der Waals surface area contributed by atoms with Gasteiger partial charge in [-0.15, -0.1) is 0 Å². The minimum atomic E-state index is -0.656. The van der Waals surface area contributed by atoms with Gasteiger partial charge in [-0.3, -0.25) is 0 Å². The summed E-state index contributed by atoms with van der Waals surface area (Å²) >= 11 is 0. The average Bonchev–Trinajstić information content (AvgIpc) is 2.00. The van der Waals surface area contributed by atoms with Crippen molar-refractivity contribution in [2.75, 3.05) is 0 Å². The number of hydrogen-bond donors (Lipinski definition) is 2. The normalized spacial score (nSPS) is 31.3. The van der Waals surface area contributed by atoms with E-state index in [4.69, 9.17) is 5.73 Å². The van der Waals surface area contributed by atoms with Gasteiger partial charge in [0.05, 0.1) is 6.10 Å². The summed E-state index contributed by atoms with van der Waals surface area (Å²) in [5, 5.41) is 9.19. The minimum absolute atomic E-state index is 0.264. The Morgan fingerprint density at radius 3 is 2.64 bits per heavy atom. The average molecular weight is 195 g/mol. The summed E-state index contributed by atoms with van der Waals surface area (Å²) in [7, 11) is 0. The van der Waals surface area contributed by atoms with Gasteiger partial charge in [0.1, 0.15) is 5.82 Å². The lowest BCUT2D eigenvalue weighted by atomic mass is 9.70. The van der Waals surface area contributed by atoms with E-state index in [-0.39, 0.29) is 11.9 Å². The number of aliphatic hydroxyl groups excluding tert-OH is 1. The van der Waals surface area contributed by atoms with Crippen molar-refractivity contribution in [2.45, 2.75) is 31.4 Å². The number of aryl methyl sites for hydroxylation is 1. The maximum atomic E-state index is 13.5. The van der Waals surface area contributed by atoms with E-state index in [0.29, 0.717) is 18.4 Å². The quantitative estimate of drug-likeness (QED) is 0.712. The van der Waals surface area contributed by atoms with E-state index in [9.17, 15) is 9.50 Å². The molecule has 0 radical (unpaired) electrons. The van der Waals surface area contributed by atoms with Crippen molar-refractivity contribution in [1.29, 1.82) is 0 Å². The zero-order valence-corrected chi connectivity index (χ0v) is 8.13. The topological polar surface area (TPSA) is 46.2 Å². The fourth-order valence-corrected chi connectivity index (χ4v) is 2.02. The zero-order valence-electron chi connectivity index (χ0n) is 8.13. The predicted octanol–water partition coefficient (Wildman–Crippen LogP) is 1.44. The molecule has 1 aliphatic rings. The van der Waals surface area contributed by atoms with Crippen LogP contribution in [0.1, 0.15) is 24.0 Å². The summed E-state index contributed by atoms with van der Waals surface area (Å²) in [6, 6.07) is 5.04. The Morgan fingerprint density at radius 2 is 2.14 bits per heavy atom. The van der Waals surface area contributed by atoms with Crippen molar-refractivity contribution < 1.29 is 9.50 Å². The summed E-state index contributed by atoms with van der Waals surface area (Å²) in [6.45, 7) is 1.84. The third-order valence-electron chi connectivity index (χ3n) is 2.86. The summed E-state index contributed by atoms with van der Waals surface area (Å²) in [4.78, 5) is 0. The van der Waals surface area contributed by atoms with Crippen LogP contribution in [0.25, 0.3) is 0 Å². The molecule has 0 atom stereocenters. The highest BCUT2D eigenvalue weighted by molar-refractivity contribution is 5.32. The van der Waals surface area contributed by atoms with Crippen LogP contribution in [0.3, 0.4) is 0 Å². The fraction of sp³-hybridized carbons (Fsp3) is 0.455. The first-order valence-corrected chi connectivity index (χ1v) is 4.75. The lowest BCUT2D eigenvalue weighted by Crippen LogP contribution is -2.52. The Balaban J connectivity index is 2.33. The van der Waals surface area contributed by atoms with Crippen LogP contribution >= 0.6 is 0 Å². The molecule has 3 heteroatoms. The van der Waals surface area contributed by atoms with Crippen molar-refractivity contribution in [2.24, 2.45) is 5.73 Å². The van der Waals surface area contributed by atoms with Crippen molar-refractivity contribution in [3.8, 4) is 0 Å². The van der Waals surface area contributed by atoms with Gasteiger partial charge < -0.3 is 10.8 Å². The van der Waals surface area contributed by atoms with Gasteiger partial charge in [-0.05, 0) is 31.4 Å². The fourth-order valence-electron chi connectivity index (χ4n) is 2.02. The molecule has 1 aromatic carbocycles. The third kappa shape index (κ3) is 1.42. The zero-order chi connectivity index (χ0) is 10.3. The summed E-state index contributed by atoms with van der Waals surface area (Å²) in [5.74, 6) is -0.264. The highest BCUT2D eigenvalue weighted by Crippen LogP contribution is 2.40. The first-order chi connectivity index (χ1) is 6.51. The number of rotatable bonds is 1. The summed E-state index contributed by atoms with van der Waals surface area (Å²) < 4.78 is 13.5. The highest BCUT2D eigenvalue weighted by Gasteiger charge is 2.42. The highest BCUT2D eigenvalue weighted by atomic mass is 19.1. The molecule has 3 N–H and O–H groups in total. The molecule has 0 aliphatic heterocycles. The summed E-state index contributed by atoms with van der Waals surface area (Å²) in [6.07, 6.45) is 0.528. The Hall–Kier alpha value is -0.930. The molecule has 0 amide bonds. The van der Waals surface area contributed by atoms with Gasteiger partial charge in [-0.1, -0.05) is 12.1 Å². The van der Waals surface area contributed by atoms with E-state index in [2.05, 4.69) is 0 Å². The van der Waals surface area contributed by atoms with Crippen molar-refractivity contribution in [1.82, 2.24) is 0 Å².